The molecule has 0 aromatic heterocycles. The summed E-state index contributed by atoms with van der Waals surface area (Å²) >= 11 is 0. The van der Waals surface area contributed by atoms with Crippen LogP contribution in [0.3, 0.4) is 0 Å². The van der Waals surface area contributed by atoms with Gasteiger partial charge in [-0.3, -0.25) is 0 Å². The molecule has 0 unspecified atom stereocenters. The van der Waals surface area contributed by atoms with Crippen LogP contribution in [0.1, 0.15) is 18.1 Å². The van der Waals surface area contributed by atoms with Gasteiger partial charge in [-0.2, -0.15) is 0 Å². The molecule has 2 rings (SSSR count). The molecule has 0 amide bonds. The zero-order chi connectivity index (χ0) is 20.9. The Morgan fingerprint density at radius 2 is 1.48 bits per heavy atom. The van der Waals surface area contributed by atoms with Crippen LogP contribution in [0.4, 0.5) is 0 Å². The molecule has 2 aromatic rings. The van der Waals surface area contributed by atoms with Gasteiger partial charge in [0.15, 0.2) is 0 Å². The van der Waals surface area contributed by atoms with Crippen molar-refractivity contribution >= 4 is 6.21 Å². The smallest absolute Gasteiger partial charge is 0.127 e. The first-order valence-electron chi connectivity index (χ1n) is 9.52. The first kappa shape index (κ1) is 22.1. The van der Waals surface area contributed by atoms with Gasteiger partial charge in [-0.05, 0) is 56.2 Å². The van der Waals surface area contributed by atoms with Gasteiger partial charge in [-0.25, -0.2) is 0 Å². The number of oxime groups is 1. The van der Waals surface area contributed by atoms with E-state index in [1.54, 1.807) is 6.21 Å². The lowest BCUT2D eigenvalue weighted by Gasteiger charge is -2.15. The molecule has 0 aliphatic carbocycles. The van der Waals surface area contributed by atoms with Crippen molar-refractivity contribution in [3.05, 3.63) is 59.7 Å². The lowest BCUT2D eigenvalue weighted by molar-refractivity contribution is 0.212. The molecular weight excluding hydrogens is 370 g/mol. The SMILES string of the molecule is C/C=C/COc1cc(C)c(OCCOc2cccc(OC/C=N/OC)c2)c(C)c1. The molecule has 0 N–H and O–H groups in total. The molecule has 0 saturated heterocycles. The first-order chi connectivity index (χ1) is 14.1. The number of benzene rings is 2. The van der Waals surface area contributed by atoms with Gasteiger partial charge in [0.05, 0.1) is 6.21 Å². The van der Waals surface area contributed by atoms with Crippen LogP contribution >= 0.6 is 0 Å². The summed E-state index contributed by atoms with van der Waals surface area (Å²) in [6.45, 7) is 7.75. The average molecular weight is 399 g/mol. The summed E-state index contributed by atoms with van der Waals surface area (Å²) in [5.74, 6) is 3.12. The predicted molar refractivity (Wildman–Crippen MR) is 115 cm³/mol. The van der Waals surface area contributed by atoms with Crippen molar-refractivity contribution in [3.8, 4) is 23.0 Å². The molecule has 156 valence electrons. The summed E-state index contributed by atoms with van der Waals surface area (Å²) in [7, 11) is 1.49. The summed E-state index contributed by atoms with van der Waals surface area (Å²) < 4.78 is 23.0. The number of rotatable bonds is 12. The number of nitrogens with zero attached hydrogens (tertiary/aromatic N) is 1. The van der Waals surface area contributed by atoms with Gasteiger partial charge in [0.2, 0.25) is 0 Å². The number of hydrogen-bond donors (Lipinski definition) is 0. The number of hydrogen-bond acceptors (Lipinski definition) is 6. The maximum Gasteiger partial charge on any atom is 0.127 e. The van der Waals surface area contributed by atoms with Gasteiger partial charge in [0.25, 0.3) is 0 Å². The third-order valence-electron chi connectivity index (χ3n) is 3.92. The highest BCUT2D eigenvalue weighted by molar-refractivity contribution is 5.58. The molecule has 2 aromatic carbocycles. The highest BCUT2D eigenvalue weighted by Crippen LogP contribution is 2.28. The van der Waals surface area contributed by atoms with Crippen LogP contribution in [0.2, 0.25) is 0 Å². The fourth-order valence-corrected chi connectivity index (χ4v) is 2.66. The molecule has 6 nitrogen and oxygen atoms in total. The second-order valence-corrected chi connectivity index (χ2v) is 6.22. The molecule has 0 aliphatic heterocycles. The van der Waals surface area contributed by atoms with Crippen LogP contribution in [0.5, 0.6) is 23.0 Å². The van der Waals surface area contributed by atoms with E-state index >= 15 is 0 Å². The third-order valence-corrected chi connectivity index (χ3v) is 3.92. The van der Waals surface area contributed by atoms with Crippen molar-refractivity contribution in [2.45, 2.75) is 20.8 Å². The predicted octanol–water partition coefficient (Wildman–Crippen LogP) is 4.73. The Bertz CT molecular complexity index is 794. The van der Waals surface area contributed by atoms with Crippen molar-refractivity contribution in [2.24, 2.45) is 5.16 Å². The molecule has 0 aliphatic rings. The van der Waals surface area contributed by atoms with Gasteiger partial charge in [-0.15, -0.1) is 0 Å². The zero-order valence-electron chi connectivity index (χ0n) is 17.5. The van der Waals surface area contributed by atoms with Crippen LogP contribution in [-0.4, -0.2) is 39.8 Å². The minimum atomic E-state index is 0.327. The monoisotopic (exact) mass is 399 g/mol. The van der Waals surface area contributed by atoms with Crippen molar-refractivity contribution in [1.82, 2.24) is 0 Å². The van der Waals surface area contributed by atoms with Gasteiger partial charge in [0.1, 0.15) is 56.5 Å². The Labute approximate surface area is 172 Å². The number of ether oxygens (including phenoxy) is 4. The normalized spacial score (nSPS) is 11.0. The second-order valence-electron chi connectivity index (χ2n) is 6.22. The van der Waals surface area contributed by atoms with E-state index in [2.05, 4.69) is 9.99 Å². The van der Waals surface area contributed by atoms with E-state index in [1.807, 2.05) is 69.3 Å². The van der Waals surface area contributed by atoms with Crippen LogP contribution in [0, 0.1) is 13.8 Å². The molecule has 0 radical (unpaired) electrons. The highest BCUT2D eigenvalue weighted by Gasteiger charge is 2.07. The summed E-state index contributed by atoms with van der Waals surface area (Å²) in [6.07, 6.45) is 5.48. The molecule has 29 heavy (non-hydrogen) atoms. The zero-order valence-corrected chi connectivity index (χ0v) is 17.5. The van der Waals surface area contributed by atoms with Crippen LogP contribution in [-0.2, 0) is 4.84 Å². The minimum absolute atomic E-state index is 0.327. The number of aryl methyl sites for hydroxylation is 2. The van der Waals surface area contributed by atoms with Gasteiger partial charge in [0, 0.05) is 6.07 Å². The quantitative estimate of drug-likeness (QED) is 0.224. The van der Waals surface area contributed by atoms with Crippen LogP contribution in [0.25, 0.3) is 0 Å². The van der Waals surface area contributed by atoms with Crippen molar-refractivity contribution < 1.29 is 23.8 Å². The van der Waals surface area contributed by atoms with E-state index in [0.29, 0.717) is 32.2 Å². The van der Waals surface area contributed by atoms with Crippen LogP contribution in [0.15, 0.2) is 53.7 Å². The van der Waals surface area contributed by atoms with E-state index < -0.39 is 0 Å². The number of allylic oxidation sites excluding steroid dienone is 1. The second kappa shape index (κ2) is 12.3. The van der Waals surface area contributed by atoms with Gasteiger partial charge < -0.3 is 23.8 Å². The van der Waals surface area contributed by atoms with E-state index in [-0.39, 0.29) is 0 Å². The molecule has 0 heterocycles. The van der Waals surface area contributed by atoms with E-state index in [0.717, 1.165) is 28.4 Å². The molecule has 0 spiro atoms. The average Bonchev–Trinajstić information content (AvgIpc) is 2.71. The molecular formula is C23H29NO5. The van der Waals surface area contributed by atoms with E-state index in [9.17, 15) is 0 Å². The van der Waals surface area contributed by atoms with Crippen molar-refractivity contribution in [1.29, 1.82) is 0 Å². The van der Waals surface area contributed by atoms with E-state index in [1.165, 1.54) is 7.11 Å². The molecule has 6 heteroatoms. The summed E-state index contributed by atoms with van der Waals surface area (Å²) in [5.41, 5.74) is 2.07. The van der Waals surface area contributed by atoms with Crippen LogP contribution < -0.4 is 18.9 Å². The Kier molecular flexibility index (Phi) is 9.42. The molecule has 0 atom stereocenters. The Morgan fingerprint density at radius 3 is 2.17 bits per heavy atom. The maximum atomic E-state index is 5.93. The van der Waals surface area contributed by atoms with Gasteiger partial charge >= 0.3 is 0 Å². The lowest BCUT2D eigenvalue weighted by atomic mass is 10.1. The van der Waals surface area contributed by atoms with Crippen molar-refractivity contribution in [3.63, 3.8) is 0 Å². The first-order valence-corrected chi connectivity index (χ1v) is 9.52. The topological polar surface area (TPSA) is 58.5 Å². The Morgan fingerprint density at radius 1 is 0.828 bits per heavy atom. The molecule has 0 saturated carbocycles. The molecule has 0 fully saturated rings. The minimum Gasteiger partial charge on any atom is -0.490 e. The summed E-state index contributed by atoms with van der Waals surface area (Å²) in [4.78, 5) is 4.59. The summed E-state index contributed by atoms with van der Waals surface area (Å²) in [6, 6.07) is 11.4. The maximum absolute atomic E-state index is 5.93. The Hall–Kier alpha value is -3.15. The summed E-state index contributed by atoms with van der Waals surface area (Å²) in [5, 5.41) is 3.63. The highest BCUT2D eigenvalue weighted by atomic mass is 16.6. The third kappa shape index (κ3) is 7.78. The lowest BCUT2D eigenvalue weighted by Crippen LogP contribution is -2.10. The largest absolute Gasteiger partial charge is 0.490 e. The standard InChI is InChI=1S/C23H29NO5/c1-5-6-11-26-22-15-18(2)23(19(3)16-22)29-14-13-28-21-9-7-8-20(17-21)27-12-10-24-25-4/h5-10,15-17H,11-14H2,1-4H3/b6-5+,24-10+. The molecule has 0 bridgehead atoms. The fraction of sp³-hybridized carbons (Fsp3) is 0.348. The fourth-order valence-electron chi connectivity index (χ4n) is 2.66. The van der Waals surface area contributed by atoms with Gasteiger partial charge in [-0.1, -0.05) is 23.4 Å². The van der Waals surface area contributed by atoms with E-state index in [4.69, 9.17) is 18.9 Å². The van der Waals surface area contributed by atoms with Crippen molar-refractivity contribution in [2.75, 3.05) is 33.5 Å². The Balaban J connectivity index is 1.82.